The van der Waals surface area contributed by atoms with E-state index in [9.17, 15) is 44.7 Å². The number of carbonyl (C=O) groups is 3. The first kappa shape index (κ1) is 25.1. The summed E-state index contributed by atoms with van der Waals surface area (Å²) in [7, 11) is 0. The Morgan fingerprint density at radius 2 is 1.74 bits per heavy atom. The van der Waals surface area contributed by atoms with Crippen LogP contribution in [0.2, 0.25) is 0 Å². The molecule has 196 valence electrons. The van der Waals surface area contributed by atoms with Crippen LogP contribution in [0.15, 0.2) is 63.8 Å². The average Bonchev–Trinajstić information content (AvgIpc) is 2.87. The number of aliphatic carboxylic acids is 1. The summed E-state index contributed by atoms with van der Waals surface area (Å²) in [5, 5.41) is 51.0. The van der Waals surface area contributed by atoms with Crippen molar-refractivity contribution in [2.75, 3.05) is 0 Å². The lowest BCUT2D eigenvalue weighted by Gasteiger charge is -2.51. The van der Waals surface area contributed by atoms with Gasteiger partial charge in [0.05, 0.1) is 10.9 Å². The molecule has 1 saturated heterocycles. The van der Waals surface area contributed by atoms with E-state index in [0.717, 1.165) is 12.1 Å². The van der Waals surface area contributed by atoms with Crippen LogP contribution in [0.5, 0.6) is 11.5 Å². The van der Waals surface area contributed by atoms with Crippen molar-refractivity contribution in [1.82, 2.24) is 0 Å². The number of phenols is 1. The number of nitrogens with two attached hydrogens (primary N) is 1. The predicted molar refractivity (Wildman–Crippen MR) is 125 cm³/mol. The molecule has 13 nitrogen and oxygen atoms in total. The molecule has 1 fully saturated rings. The zero-order chi connectivity index (χ0) is 27.6. The molecule has 5 atom stereocenters. The maximum Gasteiger partial charge on any atom is 0.343 e. The van der Waals surface area contributed by atoms with Crippen LogP contribution in [-0.2, 0) is 14.3 Å². The zero-order valence-corrected chi connectivity index (χ0v) is 19.1. The van der Waals surface area contributed by atoms with Gasteiger partial charge in [0.25, 0.3) is 5.91 Å². The summed E-state index contributed by atoms with van der Waals surface area (Å²) in [6.45, 7) is 0. The number of amides is 1. The summed E-state index contributed by atoms with van der Waals surface area (Å²) in [4.78, 5) is 49.6. The van der Waals surface area contributed by atoms with E-state index in [1.165, 1.54) is 36.4 Å². The number of aromatic hydroxyl groups is 1. The van der Waals surface area contributed by atoms with Gasteiger partial charge < -0.3 is 45.2 Å². The number of carboxylic acid groups (broad SMARTS) is 1. The van der Waals surface area contributed by atoms with Crippen LogP contribution in [-0.4, -0.2) is 72.9 Å². The van der Waals surface area contributed by atoms with E-state index in [2.05, 4.69) is 0 Å². The van der Waals surface area contributed by atoms with Crippen LogP contribution in [0.3, 0.4) is 0 Å². The Morgan fingerprint density at radius 1 is 1.05 bits per heavy atom. The number of ketones is 1. The van der Waals surface area contributed by atoms with Gasteiger partial charge in [-0.2, -0.15) is 0 Å². The lowest BCUT2D eigenvalue weighted by molar-refractivity contribution is -0.318. The third kappa shape index (κ3) is 3.48. The molecule has 0 radical (unpaired) electrons. The average molecular weight is 525 g/mol. The van der Waals surface area contributed by atoms with Gasteiger partial charge in [-0.05, 0) is 42.0 Å². The normalized spacial score (nSPS) is 28.3. The van der Waals surface area contributed by atoms with Crippen molar-refractivity contribution in [1.29, 1.82) is 0 Å². The standard InChI is InChI=1S/C25H19NO12/c26-20(31)18-16(10-1-3-11(27)4-2-10)17(29)13-6-5-12(9-14(13)37-18)36-21-19(30)25(35)15(28)7-8-24(38-21,22(25)32)23(33)34/h1-9,19,21-22,27,30,32,35H,(H2,26,31)(H,33,34). The van der Waals surface area contributed by atoms with E-state index in [4.69, 9.17) is 19.6 Å². The van der Waals surface area contributed by atoms with Gasteiger partial charge in [-0.3, -0.25) is 14.4 Å². The van der Waals surface area contributed by atoms with Crippen LogP contribution in [0.1, 0.15) is 10.6 Å². The van der Waals surface area contributed by atoms with Crippen LogP contribution in [0.25, 0.3) is 22.1 Å². The highest BCUT2D eigenvalue weighted by Gasteiger charge is 2.69. The summed E-state index contributed by atoms with van der Waals surface area (Å²) in [5.41, 5.74) is -0.868. The third-order valence-electron chi connectivity index (χ3n) is 6.55. The molecule has 1 aliphatic carbocycles. The van der Waals surface area contributed by atoms with Crippen LogP contribution < -0.4 is 15.9 Å². The summed E-state index contributed by atoms with van der Waals surface area (Å²) in [5.74, 6) is -4.74. The van der Waals surface area contributed by atoms with E-state index >= 15 is 0 Å². The Morgan fingerprint density at radius 3 is 2.37 bits per heavy atom. The fraction of sp³-hybridized carbons (Fsp3) is 0.200. The quantitative estimate of drug-likeness (QED) is 0.246. The lowest BCUT2D eigenvalue weighted by atomic mass is 9.70. The number of hydrogen-bond acceptors (Lipinski definition) is 11. The van der Waals surface area contributed by atoms with Crippen molar-refractivity contribution < 1.29 is 53.8 Å². The van der Waals surface area contributed by atoms with Crippen molar-refractivity contribution in [3.63, 3.8) is 0 Å². The SMILES string of the molecule is NC(=O)c1oc2cc(OC3OC4(C(=O)O)C=CC(=O)C(O)(C3O)C4O)ccc2c(=O)c1-c1ccc(O)cc1. The highest BCUT2D eigenvalue weighted by molar-refractivity contribution is 6.03. The second kappa shape index (κ2) is 8.49. The maximum atomic E-state index is 13.2. The van der Waals surface area contributed by atoms with E-state index < -0.39 is 58.5 Å². The van der Waals surface area contributed by atoms with Gasteiger partial charge in [0, 0.05) is 6.07 Å². The topological polar surface area (TPSA) is 227 Å². The molecule has 5 rings (SSSR count). The molecule has 0 spiro atoms. The minimum Gasteiger partial charge on any atom is -0.508 e. The Hall–Kier alpha value is -4.56. The monoisotopic (exact) mass is 525 g/mol. The number of ether oxygens (including phenoxy) is 2. The summed E-state index contributed by atoms with van der Waals surface area (Å²) in [6, 6.07) is 9.00. The molecule has 13 heteroatoms. The molecule has 2 bridgehead atoms. The van der Waals surface area contributed by atoms with Crippen molar-refractivity contribution in [3.8, 4) is 22.6 Å². The Balaban J connectivity index is 1.57. The van der Waals surface area contributed by atoms with E-state index in [1.807, 2.05) is 0 Å². The maximum absolute atomic E-state index is 13.2. The van der Waals surface area contributed by atoms with Crippen molar-refractivity contribution in [3.05, 3.63) is 70.6 Å². The minimum absolute atomic E-state index is 0.0124. The molecule has 1 aliphatic heterocycles. The second-order valence-corrected chi connectivity index (χ2v) is 8.78. The molecule has 5 unspecified atom stereocenters. The fourth-order valence-electron chi connectivity index (χ4n) is 4.53. The van der Waals surface area contributed by atoms with Gasteiger partial charge in [0.15, 0.2) is 17.5 Å². The predicted octanol–water partition coefficient (Wildman–Crippen LogP) is -0.585. The number of fused-ring (bicyclic) bond motifs is 3. The largest absolute Gasteiger partial charge is 0.508 e. The van der Waals surface area contributed by atoms with E-state index in [0.29, 0.717) is 6.08 Å². The number of aliphatic hydroxyl groups excluding tert-OH is 2. The zero-order valence-electron chi connectivity index (χ0n) is 19.1. The van der Waals surface area contributed by atoms with Gasteiger partial charge in [-0.15, -0.1) is 0 Å². The minimum atomic E-state index is -2.96. The second-order valence-electron chi connectivity index (χ2n) is 8.78. The fourth-order valence-corrected chi connectivity index (χ4v) is 4.53. The Kier molecular flexibility index (Phi) is 5.61. The number of benzene rings is 2. The molecular formula is C25H19NO12. The van der Waals surface area contributed by atoms with Crippen LogP contribution >= 0.6 is 0 Å². The van der Waals surface area contributed by atoms with Crippen molar-refractivity contribution >= 4 is 28.6 Å². The van der Waals surface area contributed by atoms with Gasteiger partial charge in [0.1, 0.15) is 23.2 Å². The molecule has 2 aliphatic rings. The number of hydrogen-bond donors (Lipinski definition) is 6. The van der Waals surface area contributed by atoms with Gasteiger partial charge >= 0.3 is 5.97 Å². The number of rotatable bonds is 5. The van der Waals surface area contributed by atoms with Gasteiger partial charge in [-0.1, -0.05) is 12.1 Å². The molecule has 1 amide bonds. The third-order valence-corrected chi connectivity index (χ3v) is 6.55. The first-order valence-corrected chi connectivity index (χ1v) is 11.0. The first-order valence-electron chi connectivity index (χ1n) is 11.0. The smallest absolute Gasteiger partial charge is 0.343 e. The molecule has 2 heterocycles. The highest BCUT2D eigenvalue weighted by atomic mass is 16.7. The number of primary amides is 1. The number of aliphatic hydroxyl groups is 3. The van der Waals surface area contributed by atoms with Gasteiger partial charge in [0.2, 0.25) is 23.1 Å². The number of phenolic OH excluding ortho intramolecular Hbond substituents is 1. The summed E-state index contributed by atoms with van der Waals surface area (Å²) >= 11 is 0. The summed E-state index contributed by atoms with van der Waals surface area (Å²) in [6.07, 6.45) is -5.15. The molecule has 7 N–H and O–H groups in total. The summed E-state index contributed by atoms with van der Waals surface area (Å²) < 4.78 is 16.4. The lowest BCUT2D eigenvalue weighted by Crippen LogP contribution is -2.77. The highest BCUT2D eigenvalue weighted by Crippen LogP contribution is 2.42. The van der Waals surface area contributed by atoms with Crippen LogP contribution in [0.4, 0.5) is 0 Å². The molecule has 38 heavy (non-hydrogen) atoms. The molecular weight excluding hydrogens is 506 g/mol. The number of carboxylic acids is 1. The van der Waals surface area contributed by atoms with Crippen molar-refractivity contribution in [2.45, 2.75) is 29.7 Å². The number of carbonyl (C=O) groups excluding carboxylic acids is 2. The first-order chi connectivity index (χ1) is 17.9. The van der Waals surface area contributed by atoms with Crippen LogP contribution in [0, 0.1) is 0 Å². The molecule has 1 aromatic heterocycles. The van der Waals surface area contributed by atoms with Gasteiger partial charge in [-0.25, -0.2) is 4.79 Å². The van der Waals surface area contributed by atoms with Crippen molar-refractivity contribution in [2.24, 2.45) is 5.73 Å². The Bertz CT molecular complexity index is 1590. The molecule has 2 aromatic carbocycles. The molecule has 0 saturated carbocycles. The van der Waals surface area contributed by atoms with E-state index in [-0.39, 0.29) is 33.6 Å². The van der Waals surface area contributed by atoms with E-state index in [1.54, 1.807) is 0 Å². The Labute approximate surface area is 211 Å². The molecule has 3 aromatic rings.